The summed E-state index contributed by atoms with van der Waals surface area (Å²) in [7, 11) is 1.71. The molecule has 0 heterocycles. The summed E-state index contributed by atoms with van der Waals surface area (Å²) in [6.45, 7) is 9.76. The lowest BCUT2D eigenvalue weighted by molar-refractivity contribution is 0.133. The van der Waals surface area contributed by atoms with E-state index in [1.807, 2.05) is 19.9 Å². The van der Waals surface area contributed by atoms with Crippen molar-refractivity contribution < 1.29 is 4.74 Å². The molecule has 0 saturated carbocycles. The molecule has 62 valence electrons. The van der Waals surface area contributed by atoms with Gasteiger partial charge in [0.15, 0.2) is 0 Å². The van der Waals surface area contributed by atoms with Crippen LogP contribution in [0.5, 0.6) is 0 Å². The van der Waals surface area contributed by atoms with Crippen LogP contribution in [0.4, 0.5) is 0 Å². The van der Waals surface area contributed by atoms with Gasteiger partial charge in [0.25, 0.3) is 0 Å². The van der Waals surface area contributed by atoms with Crippen LogP contribution in [0, 0.1) is 0 Å². The highest BCUT2D eigenvalue weighted by Gasteiger charge is 1.96. The van der Waals surface area contributed by atoms with Crippen LogP contribution in [0.15, 0.2) is 12.7 Å². The van der Waals surface area contributed by atoms with Crippen molar-refractivity contribution in [3.63, 3.8) is 0 Å². The van der Waals surface area contributed by atoms with Crippen LogP contribution in [0.25, 0.3) is 0 Å². The Bertz CT molecular complexity index is 59.7. The Morgan fingerprint density at radius 1 is 1.50 bits per heavy atom. The zero-order chi connectivity index (χ0) is 8.41. The predicted octanol–water partition coefficient (Wildman–Crippen LogP) is 3.01. The highest BCUT2D eigenvalue weighted by molar-refractivity contribution is 4.78. The molecule has 0 radical (unpaired) electrons. The molecule has 0 aromatic heterocycles. The standard InChI is InChI=1S/C7H14O.C2H6/c1-4-6-7(5-2)8-3;1-2/h5,7H,2,4,6H2,1,3H3;1-2H3. The zero-order valence-electron chi connectivity index (χ0n) is 7.68. The third kappa shape index (κ3) is 7.70. The van der Waals surface area contributed by atoms with Gasteiger partial charge in [0.2, 0.25) is 0 Å². The minimum absolute atomic E-state index is 0.264. The fourth-order valence-electron chi connectivity index (χ4n) is 0.616. The molecule has 0 aliphatic carbocycles. The van der Waals surface area contributed by atoms with Gasteiger partial charge in [-0.05, 0) is 6.42 Å². The average Bonchev–Trinajstić information content (AvgIpc) is 2.04. The summed E-state index contributed by atoms with van der Waals surface area (Å²) >= 11 is 0. The van der Waals surface area contributed by atoms with Crippen molar-refractivity contribution in [1.29, 1.82) is 0 Å². The number of hydrogen-bond donors (Lipinski definition) is 0. The topological polar surface area (TPSA) is 9.23 Å². The minimum atomic E-state index is 0.264. The van der Waals surface area contributed by atoms with Gasteiger partial charge in [-0.15, -0.1) is 6.58 Å². The molecule has 1 unspecified atom stereocenters. The van der Waals surface area contributed by atoms with Gasteiger partial charge in [0, 0.05) is 7.11 Å². The number of hydrogen-bond acceptors (Lipinski definition) is 1. The molecule has 0 aromatic rings. The summed E-state index contributed by atoms with van der Waals surface area (Å²) in [4.78, 5) is 0. The smallest absolute Gasteiger partial charge is 0.0749 e. The second-order valence-corrected chi connectivity index (χ2v) is 1.80. The van der Waals surface area contributed by atoms with E-state index in [4.69, 9.17) is 4.74 Å². The first-order valence-corrected chi connectivity index (χ1v) is 4.00. The van der Waals surface area contributed by atoms with Gasteiger partial charge in [0.1, 0.15) is 0 Å². The van der Waals surface area contributed by atoms with Gasteiger partial charge in [-0.3, -0.25) is 0 Å². The molecule has 1 nitrogen and oxygen atoms in total. The molecule has 0 rings (SSSR count). The molecule has 0 N–H and O–H groups in total. The van der Waals surface area contributed by atoms with Gasteiger partial charge in [0.05, 0.1) is 6.10 Å². The molecular formula is C9H20O. The van der Waals surface area contributed by atoms with Crippen molar-refractivity contribution in [2.24, 2.45) is 0 Å². The Morgan fingerprint density at radius 3 is 2.10 bits per heavy atom. The quantitative estimate of drug-likeness (QED) is 0.551. The molecule has 0 fully saturated rings. The number of ether oxygens (including phenoxy) is 1. The summed E-state index contributed by atoms with van der Waals surface area (Å²) in [5.74, 6) is 0. The minimum Gasteiger partial charge on any atom is -0.377 e. The SMILES string of the molecule is C=CC(CCC)OC.CC. The van der Waals surface area contributed by atoms with E-state index in [1.165, 1.54) is 0 Å². The summed E-state index contributed by atoms with van der Waals surface area (Å²) in [6.07, 6.45) is 4.34. The van der Waals surface area contributed by atoms with Gasteiger partial charge < -0.3 is 4.74 Å². The summed E-state index contributed by atoms with van der Waals surface area (Å²) in [5.41, 5.74) is 0. The molecular weight excluding hydrogens is 124 g/mol. The first-order valence-electron chi connectivity index (χ1n) is 4.00. The maximum absolute atomic E-state index is 5.02. The lowest BCUT2D eigenvalue weighted by Crippen LogP contribution is -2.04. The van der Waals surface area contributed by atoms with Gasteiger partial charge in [-0.1, -0.05) is 33.3 Å². The van der Waals surface area contributed by atoms with Crippen LogP contribution in [-0.2, 0) is 4.74 Å². The molecule has 0 aromatic carbocycles. The predicted molar refractivity (Wildman–Crippen MR) is 47.3 cm³/mol. The van der Waals surface area contributed by atoms with Crippen LogP contribution >= 0.6 is 0 Å². The first kappa shape index (κ1) is 12.4. The van der Waals surface area contributed by atoms with Crippen LogP contribution in [-0.4, -0.2) is 13.2 Å². The molecule has 0 aliphatic rings. The molecule has 10 heavy (non-hydrogen) atoms. The average molecular weight is 144 g/mol. The van der Waals surface area contributed by atoms with Crippen molar-refractivity contribution in [2.45, 2.75) is 39.7 Å². The van der Waals surface area contributed by atoms with Gasteiger partial charge in [-0.2, -0.15) is 0 Å². The van der Waals surface area contributed by atoms with Crippen molar-refractivity contribution in [3.8, 4) is 0 Å². The van der Waals surface area contributed by atoms with Crippen LogP contribution < -0.4 is 0 Å². The molecule has 0 spiro atoms. The Balaban J connectivity index is 0. The second kappa shape index (κ2) is 11.5. The van der Waals surface area contributed by atoms with E-state index in [-0.39, 0.29) is 6.10 Å². The number of methoxy groups -OCH3 is 1. The highest BCUT2D eigenvalue weighted by atomic mass is 16.5. The van der Waals surface area contributed by atoms with Crippen molar-refractivity contribution >= 4 is 0 Å². The maximum atomic E-state index is 5.02. The Kier molecular flexibility index (Phi) is 14.2. The van der Waals surface area contributed by atoms with Crippen LogP contribution in [0.3, 0.4) is 0 Å². The van der Waals surface area contributed by atoms with E-state index in [0.29, 0.717) is 0 Å². The molecule has 0 amide bonds. The van der Waals surface area contributed by atoms with Crippen LogP contribution in [0.2, 0.25) is 0 Å². The Hall–Kier alpha value is -0.300. The molecule has 0 saturated heterocycles. The van der Waals surface area contributed by atoms with E-state index < -0.39 is 0 Å². The molecule has 1 heteroatoms. The first-order chi connectivity index (χ1) is 4.85. The molecule has 1 atom stereocenters. The van der Waals surface area contributed by atoms with E-state index in [1.54, 1.807) is 7.11 Å². The lowest BCUT2D eigenvalue weighted by Gasteiger charge is -2.06. The second-order valence-electron chi connectivity index (χ2n) is 1.80. The highest BCUT2D eigenvalue weighted by Crippen LogP contribution is 1.99. The van der Waals surface area contributed by atoms with Gasteiger partial charge >= 0.3 is 0 Å². The lowest BCUT2D eigenvalue weighted by atomic mass is 10.2. The van der Waals surface area contributed by atoms with E-state index in [0.717, 1.165) is 12.8 Å². The van der Waals surface area contributed by atoms with Crippen LogP contribution in [0.1, 0.15) is 33.6 Å². The summed E-state index contributed by atoms with van der Waals surface area (Å²) < 4.78 is 5.02. The Labute approximate surface area is 65.1 Å². The largest absolute Gasteiger partial charge is 0.377 e. The fraction of sp³-hybridized carbons (Fsp3) is 0.778. The molecule has 0 bridgehead atoms. The van der Waals surface area contributed by atoms with E-state index in [9.17, 15) is 0 Å². The van der Waals surface area contributed by atoms with Gasteiger partial charge in [-0.25, -0.2) is 0 Å². The monoisotopic (exact) mass is 144 g/mol. The normalized spacial score (nSPS) is 11.2. The van der Waals surface area contributed by atoms with E-state index in [2.05, 4.69) is 13.5 Å². The van der Waals surface area contributed by atoms with Crippen molar-refractivity contribution in [3.05, 3.63) is 12.7 Å². The third-order valence-corrected chi connectivity index (χ3v) is 1.14. The van der Waals surface area contributed by atoms with Crippen molar-refractivity contribution in [2.75, 3.05) is 7.11 Å². The Morgan fingerprint density at radius 2 is 2.00 bits per heavy atom. The maximum Gasteiger partial charge on any atom is 0.0749 e. The van der Waals surface area contributed by atoms with Crippen molar-refractivity contribution in [1.82, 2.24) is 0 Å². The third-order valence-electron chi connectivity index (χ3n) is 1.14. The summed E-state index contributed by atoms with van der Waals surface area (Å²) in [5, 5.41) is 0. The summed E-state index contributed by atoms with van der Waals surface area (Å²) in [6, 6.07) is 0. The fourth-order valence-corrected chi connectivity index (χ4v) is 0.616. The zero-order valence-corrected chi connectivity index (χ0v) is 7.68. The molecule has 0 aliphatic heterocycles. The van der Waals surface area contributed by atoms with E-state index >= 15 is 0 Å². The number of rotatable bonds is 4.